The lowest BCUT2D eigenvalue weighted by Gasteiger charge is -2.22. The van der Waals surface area contributed by atoms with E-state index in [-0.39, 0.29) is 5.91 Å². The van der Waals surface area contributed by atoms with Crippen LogP contribution >= 0.6 is 0 Å². The number of nitrogen functional groups attached to an aromatic ring is 1. The van der Waals surface area contributed by atoms with Crippen LogP contribution in [0, 0.1) is 12.8 Å². The van der Waals surface area contributed by atoms with Crippen LogP contribution in [0.1, 0.15) is 36.2 Å². The molecule has 2 unspecified atom stereocenters. The molecule has 0 aromatic heterocycles. The Balaban J connectivity index is 2.28. The van der Waals surface area contributed by atoms with Gasteiger partial charge in [-0.2, -0.15) is 0 Å². The minimum absolute atomic E-state index is 0.117. The van der Waals surface area contributed by atoms with Crippen molar-refractivity contribution in [1.29, 1.82) is 0 Å². The number of amides is 1. The lowest BCUT2D eigenvalue weighted by atomic mass is 10.1. The summed E-state index contributed by atoms with van der Waals surface area (Å²) in [5.74, 6) is 0.710. The summed E-state index contributed by atoms with van der Waals surface area (Å²) in [6.07, 6.45) is 1.09. The predicted octanol–water partition coefficient (Wildman–Crippen LogP) is 2.45. The number of nitrogens with two attached hydrogens (primary N) is 1. The maximum atomic E-state index is 12.4. The molecule has 2 N–H and O–H groups in total. The first kappa shape index (κ1) is 12.0. The minimum atomic E-state index is 0.117. The molecule has 1 heterocycles. The van der Waals surface area contributed by atoms with Crippen molar-refractivity contribution in [2.24, 2.45) is 5.92 Å². The van der Waals surface area contributed by atoms with Crippen LogP contribution in [0.3, 0.4) is 0 Å². The second-order valence-corrected chi connectivity index (χ2v) is 5.22. The van der Waals surface area contributed by atoms with Crippen molar-refractivity contribution in [3.05, 3.63) is 29.3 Å². The summed E-state index contributed by atoms with van der Waals surface area (Å²) in [7, 11) is 0. The Labute approximate surface area is 103 Å². The largest absolute Gasteiger partial charge is 0.399 e. The average molecular weight is 232 g/mol. The smallest absolute Gasteiger partial charge is 0.254 e. The van der Waals surface area contributed by atoms with E-state index in [1.165, 1.54) is 0 Å². The summed E-state index contributed by atoms with van der Waals surface area (Å²) < 4.78 is 0. The van der Waals surface area contributed by atoms with E-state index in [9.17, 15) is 4.79 Å². The first-order valence-electron chi connectivity index (χ1n) is 6.16. The molecule has 1 saturated heterocycles. The number of nitrogens with zero attached hydrogens (tertiary/aromatic N) is 1. The number of benzene rings is 1. The van der Waals surface area contributed by atoms with Crippen molar-refractivity contribution in [2.75, 3.05) is 12.3 Å². The molecule has 3 nitrogen and oxygen atoms in total. The molecule has 1 aromatic carbocycles. The van der Waals surface area contributed by atoms with Gasteiger partial charge in [-0.3, -0.25) is 4.79 Å². The maximum absolute atomic E-state index is 12.4. The van der Waals surface area contributed by atoms with E-state index in [1.807, 2.05) is 24.0 Å². The molecule has 17 heavy (non-hydrogen) atoms. The molecule has 1 amide bonds. The van der Waals surface area contributed by atoms with Crippen molar-refractivity contribution in [1.82, 2.24) is 4.90 Å². The summed E-state index contributed by atoms with van der Waals surface area (Å²) >= 11 is 0. The third kappa shape index (κ3) is 2.28. The van der Waals surface area contributed by atoms with Gasteiger partial charge in [0.1, 0.15) is 0 Å². The van der Waals surface area contributed by atoms with Crippen LogP contribution in [0.25, 0.3) is 0 Å². The van der Waals surface area contributed by atoms with Crippen LogP contribution in [0.2, 0.25) is 0 Å². The predicted molar refractivity (Wildman–Crippen MR) is 69.9 cm³/mol. The van der Waals surface area contributed by atoms with Gasteiger partial charge in [-0.05, 0) is 43.9 Å². The van der Waals surface area contributed by atoms with E-state index < -0.39 is 0 Å². The van der Waals surface area contributed by atoms with Crippen LogP contribution in [-0.4, -0.2) is 23.4 Å². The normalized spacial score (nSPS) is 24.1. The second kappa shape index (κ2) is 4.40. The third-order valence-electron chi connectivity index (χ3n) is 3.54. The highest BCUT2D eigenvalue weighted by atomic mass is 16.2. The van der Waals surface area contributed by atoms with Crippen molar-refractivity contribution in [2.45, 2.75) is 33.2 Å². The lowest BCUT2D eigenvalue weighted by molar-refractivity contribution is 0.0743. The number of anilines is 1. The molecule has 92 valence electrons. The molecule has 1 fully saturated rings. The molecule has 2 rings (SSSR count). The van der Waals surface area contributed by atoms with Crippen LogP contribution in [0.15, 0.2) is 18.2 Å². The topological polar surface area (TPSA) is 46.3 Å². The Bertz CT molecular complexity index is 442. The zero-order valence-corrected chi connectivity index (χ0v) is 10.7. The SMILES string of the molecule is Cc1ccc(N)cc1C(=O)N1CC(C)CC1C. The summed E-state index contributed by atoms with van der Waals surface area (Å²) in [5.41, 5.74) is 8.14. The Hall–Kier alpha value is -1.51. The summed E-state index contributed by atoms with van der Waals surface area (Å²) in [6, 6.07) is 5.86. The Morgan fingerprint density at radius 1 is 1.41 bits per heavy atom. The number of rotatable bonds is 1. The van der Waals surface area contributed by atoms with Gasteiger partial charge in [0, 0.05) is 23.8 Å². The first-order chi connectivity index (χ1) is 7.99. The number of hydrogen-bond acceptors (Lipinski definition) is 2. The van der Waals surface area contributed by atoms with Crippen molar-refractivity contribution >= 4 is 11.6 Å². The summed E-state index contributed by atoms with van der Waals surface area (Å²) in [5, 5.41) is 0. The molecule has 3 heteroatoms. The van der Waals surface area contributed by atoms with Gasteiger partial charge >= 0.3 is 0 Å². The van der Waals surface area contributed by atoms with E-state index >= 15 is 0 Å². The zero-order valence-electron chi connectivity index (χ0n) is 10.7. The van der Waals surface area contributed by atoms with E-state index in [2.05, 4.69) is 13.8 Å². The fourth-order valence-corrected chi connectivity index (χ4v) is 2.61. The number of carbonyl (C=O) groups is 1. The van der Waals surface area contributed by atoms with Gasteiger partial charge in [0.15, 0.2) is 0 Å². The molecule has 1 aliphatic rings. The van der Waals surface area contributed by atoms with Gasteiger partial charge < -0.3 is 10.6 Å². The van der Waals surface area contributed by atoms with Gasteiger partial charge in [0.05, 0.1) is 0 Å². The zero-order chi connectivity index (χ0) is 12.6. The highest BCUT2D eigenvalue weighted by molar-refractivity contribution is 5.96. The molecule has 1 aromatic rings. The van der Waals surface area contributed by atoms with Crippen molar-refractivity contribution in [3.63, 3.8) is 0 Å². The van der Waals surface area contributed by atoms with Gasteiger partial charge in [-0.15, -0.1) is 0 Å². The maximum Gasteiger partial charge on any atom is 0.254 e. The standard InChI is InChI=1S/C14H20N2O/c1-9-6-11(3)16(8-9)14(17)13-7-12(15)5-4-10(13)2/h4-5,7,9,11H,6,8,15H2,1-3H3. The van der Waals surface area contributed by atoms with Crippen LogP contribution in [0.4, 0.5) is 5.69 Å². The van der Waals surface area contributed by atoms with E-state index in [0.717, 1.165) is 24.1 Å². The molecule has 0 saturated carbocycles. The Morgan fingerprint density at radius 2 is 2.12 bits per heavy atom. The number of likely N-dealkylation sites (tertiary alicyclic amines) is 1. The van der Waals surface area contributed by atoms with Gasteiger partial charge in [0.25, 0.3) is 5.91 Å². The third-order valence-corrected chi connectivity index (χ3v) is 3.54. The number of carbonyl (C=O) groups excluding carboxylic acids is 1. The van der Waals surface area contributed by atoms with Crippen LogP contribution in [-0.2, 0) is 0 Å². The van der Waals surface area contributed by atoms with E-state index in [0.29, 0.717) is 17.6 Å². The summed E-state index contributed by atoms with van der Waals surface area (Å²) in [4.78, 5) is 14.4. The lowest BCUT2D eigenvalue weighted by Crippen LogP contribution is -2.34. The fraction of sp³-hybridized carbons (Fsp3) is 0.500. The fourth-order valence-electron chi connectivity index (χ4n) is 2.61. The van der Waals surface area contributed by atoms with Crippen LogP contribution < -0.4 is 5.73 Å². The molecular weight excluding hydrogens is 212 g/mol. The second-order valence-electron chi connectivity index (χ2n) is 5.22. The minimum Gasteiger partial charge on any atom is -0.399 e. The van der Waals surface area contributed by atoms with Crippen molar-refractivity contribution < 1.29 is 4.79 Å². The van der Waals surface area contributed by atoms with E-state index in [4.69, 9.17) is 5.73 Å². The van der Waals surface area contributed by atoms with Crippen molar-refractivity contribution in [3.8, 4) is 0 Å². The van der Waals surface area contributed by atoms with Gasteiger partial charge in [-0.25, -0.2) is 0 Å². The van der Waals surface area contributed by atoms with Crippen LogP contribution in [0.5, 0.6) is 0 Å². The quantitative estimate of drug-likeness (QED) is 0.756. The Kier molecular flexibility index (Phi) is 3.09. The number of aryl methyl sites for hydroxylation is 1. The Morgan fingerprint density at radius 3 is 2.71 bits per heavy atom. The molecule has 0 bridgehead atoms. The molecular formula is C14H20N2O. The van der Waals surface area contributed by atoms with E-state index in [1.54, 1.807) is 6.07 Å². The number of hydrogen-bond donors (Lipinski definition) is 1. The molecule has 0 aliphatic carbocycles. The molecule has 0 radical (unpaired) electrons. The molecule has 1 aliphatic heterocycles. The molecule has 2 atom stereocenters. The molecule has 0 spiro atoms. The highest BCUT2D eigenvalue weighted by Crippen LogP contribution is 2.25. The monoisotopic (exact) mass is 232 g/mol. The first-order valence-corrected chi connectivity index (χ1v) is 6.16. The van der Waals surface area contributed by atoms with Gasteiger partial charge in [0.2, 0.25) is 0 Å². The van der Waals surface area contributed by atoms with Gasteiger partial charge in [-0.1, -0.05) is 13.0 Å². The highest BCUT2D eigenvalue weighted by Gasteiger charge is 2.30. The average Bonchev–Trinajstić information content (AvgIpc) is 2.60. The summed E-state index contributed by atoms with van der Waals surface area (Å²) in [6.45, 7) is 7.12.